The molecule has 1 aromatic heterocycles. The Balaban J connectivity index is 2.13. The molecule has 0 radical (unpaired) electrons. The van der Waals surface area contributed by atoms with Crippen molar-refractivity contribution in [2.24, 2.45) is 0 Å². The molecule has 28 heavy (non-hydrogen) atoms. The number of carboxylic acids is 1. The van der Waals surface area contributed by atoms with Crippen molar-refractivity contribution in [3.63, 3.8) is 0 Å². The molecule has 3 aromatic rings. The summed E-state index contributed by atoms with van der Waals surface area (Å²) in [5.74, 6) is -0.174. The van der Waals surface area contributed by atoms with Crippen LogP contribution < -0.4 is 14.5 Å². The standard InChI is InChI=1S/C22H25N3O3/c1-5-25(6-2)16-8-7-9-17(12-16)28-21-18-13-15(24(3)4)10-11-20(18)23-14-19(21)22(26)27/h7-14H,5-6H2,1-4H3,(H,26,27). The molecule has 1 heterocycles. The van der Waals surface area contributed by atoms with Crippen molar-refractivity contribution in [2.45, 2.75) is 13.8 Å². The lowest BCUT2D eigenvalue weighted by molar-refractivity contribution is 0.0694. The zero-order valence-corrected chi connectivity index (χ0v) is 16.6. The smallest absolute Gasteiger partial charge is 0.341 e. The number of hydrogen-bond acceptors (Lipinski definition) is 5. The molecule has 0 saturated heterocycles. The van der Waals surface area contributed by atoms with E-state index in [1.165, 1.54) is 6.20 Å². The topological polar surface area (TPSA) is 65.9 Å². The molecule has 0 atom stereocenters. The van der Waals surface area contributed by atoms with Gasteiger partial charge < -0.3 is 19.6 Å². The first kappa shape index (κ1) is 19.5. The molecule has 1 N–H and O–H groups in total. The van der Waals surface area contributed by atoms with Gasteiger partial charge in [-0.05, 0) is 44.2 Å². The molecule has 2 aromatic carbocycles. The van der Waals surface area contributed by atoms with Crippen molar-refractivity contribution in [3.05, 3.63) is 54.2 Å². The molecule has 0 aliphatic carbocycles. The summed E-state index contributed by atoms with van der Waals surface area (Å²) in [6, 6.07) is 13.4. The van der Waals surface area contributed by atoms with Gasteiger partial charge in [0.1, 0.15) is 11.3 Å². The number of nitrogens with zero attached hydrogens (tertiary/aromatic N) is 3. The van der Waals surface area contributed by atoms with E-state index in [2.05, 4.69) is 23.7 Å². The number of aromatic carboxylic acids is 1. The van der Waals surface area contributed by atoms with E-state index in [1.807, 2.05) is 61.5 Å². The lowest BCUT2D eigenvalue weighted by Crippen LogP contribution is -2.21. The minimum absolute atomic E-state index is 0.0386. The third-order valence-corrected chi connectivity index (χ3v) is 4.72. The minimum Gasteiger partial charge on any atom is -0.477 e. The van der Waals surface area contributed by atoms with Crippen molar-refractivity contribution < 1.29 is 14.6 Å². The number of carbonyl (C=O) groups is 1. The molecule has 0 fully saturated rings. The number of benzene rings is 2. The van der Waals surface area contributed by atoms with Crippen LogP contribution in [0.5, 0.6) is 11.5 Å². The average molecular weight is 379 g/mol. The predicted molar refractivity (Wildman–Crippen MR) is 113 cm³/mol. The van der Waals surface area contributed by atoms with E-state index in [-0.39, 0.29) is 5.56 Å². The van der Waals surface area contributed by atoms with Crippen LogP contribution in [0, 0.1) is 0 Å². The highest BCUT2D eigenvalue weighted by molar-refractivity contribution is 5.99. The maximum Gasteiger partial charge on any atom is 0.341 e. The summed E-state index contributed by atoms with van der Waals surface area (Å²) < 4.78 is 6.13. The van der Waals surface area contributed by atoms with E-state index in [0.717, 1.165) is 24.5 Å². The van der Waals surface area contributed by atoms with Crippen LogP contribution in [-0.4, -0.2) is 43.2 Å². The first-order valence-electron chi connectivity index (χ1n) is 9.30. The molecule has 0 aliphatic heterocycles. The van der Waals surface area contributed by atoms with Crippen molar-refractivity contribution in [1.82, 2.24) is 4.98 Å². The van der Waals surface area contributed by atoms with Gasteiger partial charge in [0.15, 0.2) is 5.75 Å². The highest BCUT2D eigenvalue weighted by Crippen LogP contribution is 2.35. The molecule has 0 bridgehead atoms. The Labute approximate surface area is 165 Å². The summed E-state index contributed by atoms with van der Waals surface area (Å²) >= 11 is 0. The van der Waals surface area contributed by atoms with Gasteiger partial charge in [0.2, 0.25) is 0 Å². The van der Waals surface area contributed by atoms with Gasteiger partial charge in [0.25, 0.3) is 0 Å². The molecule has 146 valence electrons. The fourth-order valence-corrected chi connectivity index (χ4v) is 3.15. The van der Waals surface area contributed by atoms with Crippen LogP contribution in [0.4, 0.5) is 11.4 Å². The second kappa shape index (κ2) is 8.17. The van der Waals surface area contributed by atoms with Crippen LogP contribution in [0.3, 0.4) is 0 Å². The van der Waals surface area contributed by atoms with Gasteiger partial charge in [-0.3, -0.25) is 4.98 Å². The van der Waals surface area contributed by atoms with Gasteiger partial charge in [-0.25, -0.2) is 4.79 Å². The van der Waals surface area contributed by atoms with Gasteiger partial charge in [-0.15, -0.1) is 0 Å². The monoisotopic (exact) mass is 379 g/mol. The lowest BCUT2D eigenvalue weighted by atomic mass is 10.1. The normalized spacial score (nSPS) is 10.7. The largest absolute Gasteiger partial charge is 0.477 e. The Bertz CT molecular complexity index is 997. The van der Waals surface area contributed by atoms with E-state index in [1.54, 1.807) is 0 Å². The fourth-order valence-electron chi connectivity index (χ4n) is 3.15. The van der Waals surface area contributed by atoms with Crippen molar-refractivity contribution in [3.8, 4) is 11.5 Å². The number of ether oxygens (including phenoxy) is 1. The van der Waals surface area contributed by atoms with E-state index in [0.29, 0.717) is 22.4 Å². The highest BCUT2D eigenvalue weighted by atomic mass is 16.5. The first-order valence-corrected chi connectivity index (χ1v) is 9.30. The van der Waals surface area contributed by atoms with Crippen LogP contribution in [0.15, 0.2) is 48.7 Å². The number of anilines is 2. The number of hydrogen-bond donors (Lipinski definition) is 1. The summed E-state index contributed by atoms with van der Waals surface area (Å²) in [4.78, 5) is 20.3. The quantitative estimate of drug-likeness (QED) is 0.645. The molecule has 6 heteroatoms. The molecule has 0 amide bonds. The minimum atomic E-state index is -1.07. The van der Waals surface area contributed by atoms with Crippen molar-refractivity contribution in [1.29, 1.82) is 0 Å². The SMILES string of the molecule is CCN(CC)c1cccc(Oc2c(C(=O)O)cnc3ccc(N(C)C)cc23)c1. The summed E-state index contributed by atoms with van der Waals surface area (Å²) in [6.07, 6.45) is 1.35. The maximum atomic E-state index is 11.8. The summed E-state index contributed by atoms with van der Waals surface area (Å²) in [6.45, 7) is 5.95. The Morgan fingerprint density at radius 3 is 2.46 bits per heavy atom. The van der Waals surface area contributed by atoms with Crippen LogP contribution in [0.25, 0.3) is 10.9 Å². The van der Waals surface area contributed by atoms with E-state index < -0.39 is 5.97 Å². The fraction of sp³-hybridized carbons (Fsp3) is 0.273. The Morgan fingerprint density at radius 1 is 1.07 bits per heavy atom. The molecular weight excluding hydrogens is 354 g/mol. The number of rotatable bonds is 7. The number of fused-ring (bicyclic) bond motifs is 1. The zero-order valence-electron chi connectivity index (χ0n) is 16.6. The van der Waals surface area contributed by atoms with Gasteiger partial charge in [-0.1, -0.05) is 6.07 Å². The molecular formula is C22H25N3O3. The molecule has 0 unspecified atom stereocenters. The number of pyridine rings is 1. The first-order chi connectivity index (χ1) is 13.4. The van der Waals surface area contributed by atoms with E-state index in [4.69, 9.17) is 4.74 Å². The van der Waals surface area contributed by atoms with Gasteiger partial charge in [0, 0.05) is 56.2 Å². The Hall–Kier alpha value is -3.28. The Morgan fingerprint density at radius 2 is 1.82 bits per heavy atom. The molecule has 0 saturated carbocycles. The highest BCUT2D eigenvalue weighted by Gasteiger charge is 2.18. The van der Waals surface area contributed by atoms with Crippen LogP contribution in [0.1, 0.15) is 24.2 Å². The van der Waals surface area contributed by atoms with E-state index >= 15 is 0 Å². The number of carboxylic acid groups (broad SMARTS) is 1. The third-order valence-electron chi connectivity index (χ3n) is 4.72. The second-order valence-corrected chi connectivity index (χ2v) is 6.67. The van der Waals surface area contributed by atoms with Crippen molar-refractivity contribution in [2.75, 3.05) is 37.0 Å². The lowest BCUT2D eigenvalue weighted by Gasteiger charge is -2.22. The van der Waals surface area contributed by atoms with Crippen LogP contribution in [-0.2, 0) is 0 Å². The molecule has 0 aliphatic rings. The summed E-state index contributed by atoms with van der Waals surface area (Å²) in [7, 11) is 3.87. The van der Waals surface area contributed by atoms with Crippen molar-refractivity contribution >= 4 is 28.2 Å². The maximum absolute atomic E-state index is 11.8. The summed E-state index contributed by atoms with van der Waals surface area (Å²) in [5, 5.41) is 10.3. The Kier molecular flexibility index (Phi) is 5.68. The van der Waals surface area contributed by atoms with E-state index in [9.17, 15) is 9.90 Å². The average Bonchev–Trinajstić information content (AvgIpc) is 2.69. The molecule has 3 rings (SSSR count). The summed E-state index contributed by atoms with van der Waals surface area (Å²) in [5.41, 5.74) is 2.70. The van der Waals surface area contributed by atoms with Crippen LogP contribution in [0.2, 0.25) is 0 Å². The molecule has 0 spiro atoms. The zero-order chi connectivity index (χ0) is 20.3. The van der Waals surface area contributed by atoms with Crippen LogP contribution >= 0.6 is 0 Å². The van der Waals surface area contributed by atoms with Gasteiger partial charge in [-0.2, -0.15) is 0 Å². The molecule has 6 nitrogen and oxygen atoms in total. The number of aromatic nitrogens is 1. The predicted octanol–water partition coefficient (Wildman–Crippen LogP) is 4.64. The van der Waals surface area contributed by atoms with Gasteiger partial charge in [0.05, 0.1) is 5.52 Å². The van der Waals surface area contributed by atoms with Gasteiger partial charge >= 0.3 is 5.97 Å². The third kappa shape index (κ3) is 3.86. The second-order valence-electron chi connectivity index (χ2n) is 6.67.